The minimum Gasteiger partial charge on any atom is -0.298 e. The molecule has 76 valence electrons. The molecule has 0 fully saturated rings. The number of nitrogens with zero attached hydrogens (tertiary/aromatic N) is 1. The molecule has 0 unspecified atom stereocenters. The molecule has 0 aliphatic heterocycles. The first-order chi connectivity index (χ1) is 6.61. The highest BCUT2D eigenvalue weighted by Gasteiger charge is 2.17. The SMILES string of the molecule is O=Cc1c(CCl)ncc(C(F)F)c1Br. The number of rotatable bonds is 3. The molecule has 0 saturated carbocycles. The lowest BCUT2D eigenvalue weighted by molar-refractivity contribution is 0.112. The zero-order valence-corrected chi connectivity index (χ0v) is 9.15. The average Bonchev–Trinajstić information content (AvgIpc) is 2.16. The van der Waals surface area contributed by atoms with Crippen LogP contribution in [0.1, 0.15) is 28.0 Å². The van der Waals surface area contributed by atoms with Crippen LogP contribution in [-0.2, 0) is 5.88 Å². The summed E-state index contributed by atoms with van der Waals surface area (Å²) < 4.78 is 24.8. The second-order valence-electron chi connectivity index (χ2n) is 2.44. The molecule has 0 aromatic carbocycles. The van der Waals surface area contributed by atoms with Gasteiger partial charge < -0.3 is 0 Å². The molecule has 0 aliphatic carbocycles. The molecule has 0 N–H and O–H groups in total. The molecule has 6 heteroatoms. The number of aromatic nitrogens is 1. The molecule has 0 atom stereocenters. The van der Waals surface area contributed by atoms with E-state index in [9.17, 15) is 13.6 Å². The van der Waals surface area contributed by atoms with Crippen molar-refractivity contribution >= 4 is 33.8 Å². The molecule has 1 rings (SSSR count). The Morgan fingerprint density at radius 1 is 1.64 bits per heavy atom. The molecule has 2 nitrogen and oxygen atoms in total. The van der Waals surface area contributed by atoms with Crippen LogP contribution in [0, 0.1) is 0 Å². The van der Waals surface area contributed by atoms with Crippen LogP contribution in [0.4, 0.5) is 8.78 Å². The van der Waals surface area contributed by atoms with E-state index in [4.69, 9.17) is 11.6 Å². The van der Waals surface area contributed by atoms with Crippen LogP contribution in [0.25, 0.3) is 0 Å². The van der Waals surface area contributed by atoms with Gasteiger partial charge in [0.2, 0.25) is 0 Å². The van der Waals surface area contributed by atoms with Crippen LogP contribution in [-0.4, -0.2) is 11.3 Å². The number of carbonyl (C=O) groups excluding carboxylic acids is 1. The number of aldehydes is 1. The predicted octanol–water partition coefficient (Wildman–Crippen LogP) is 3.33. The normalized spacial score (nSPS) is 10.6. The van der Waals surface area contributed by atoms with Crippen LogP contribution in [0.3, 0.4) is 0 Å². The van der Waals surface area contributed by atoms with Gasteiger partial charge in [-0.05, 0) is 15.9 Å². The van der Waals surface area contributed by atoms with Gasteiger partial charge in [0.15, 0.2) is 6.29 Å². The Labute approximate surface area is 92.4 Å². The Morgan fingerprint density at radius 2 is 2.29 bits per heavy atom. The molecule has 1 heterocycles. The highest BCUT2D eigenvalue weighted by molar-refractivity contribution is 9.10. The molecule has 0 aliphatic rings. The van der Waals surface area contributed by atoms with Crippen LogP contribution < -0.4 is 0 Å². The summed E-state index contributed by atoms with van der Waals surface area (Å²) in [5.74, 6) is 0.0101. The Balaban J connectivity index is 3.34. The van der Waals surface area contributed by atoms with Crippen molar-refractivity contribution in [2.24, 2.45) is 0 Å². The number of hydrogen-bond acceptors (Lipinski definition) is 2. The summed E-state index contributed by atoms with van der Waals surface area (Å²) in [5, 5.41) is 0. The average molecular weight is 284 g/mol. The summed E-state index contributed by atoms with van der Waals surface area (Å²) in [6.07, 6.45) is -1.19. The lowest BCUT2D eigenvalue weighted by Crippen LogP contribution is -2.00. The molecule has 0 radical (unpaired) electrons. The van der Waals surface area contributed by atoms with Gasteiger partial charge in [0.25, 0.3) is 6.43 Å². The van der Waals surface area contributed by atoms with E-state index >= 15 is 0 Å². The topological polar surface area (TPSA) is 30.0 Å². The fraction of sp³-hybridized carbons (Fsp3) is 0.250. The Bertz CT molecular complexity index is 359. The van der Waals surface area contributed by atoms with Gasteiger partial charge in [0.1, 0.15) is 0 Å². The summed E-state index contributed by atoms with van der Waals surface area (Å²) in [4.78, 5) is 14.3. The van der Waals surface area contributed by atoms with Crippen LogP contribution >= 0.6 is 27.5 Å². The van der Waals surface area contributed by atoms with Gasteiger partial charge in [-0.3, -0.25) is 9.78 Å². The Morgan fingerprint density at radius 3 is 2.71 bits per heavy atom. The van der Waals surface area contributed by atoms with E-state index in [-0.39, 0.29) is 27.2 Å². The van der Waals surface area contributed by atoms with Crippen molar-refractivity contribution in [1.82, 2.24) is 4.98 Å². The lowest BCUT2D eigenvalue weighted by atomic mass is 10.1. The van der Waals surface area contributed by atoms with Crippen molar-refractivity contribution < 1.29 is 13.6 Å². The van der Waals surface area contributed by atoms with Crippen LogP contribution in [0.2, 0.25) is 0 Å². The maximum Gasteiger partial charge on any atom is 0.266 e. The smallest absolute Gasteiger partial charge is 0.266 e. The monoisotopic (exact) mass is 283 g/mol. The van der Waals surface area contributed by atoms with Crippen LogP contribution in [0.5, 0.6) is 0 Å². The Kier molecular flexibility index (Phi) is 3.95. The molecular formula is C8H5BrClF2NO. The van der Waals surface area contributed by atoms with Gasteiger partial charge in [-0.1, -0.05) is 0 Å². The van der Waals surface area contributed by atoms with E-state index in [1.165, 1.54) is 0 Å². The van der Waals surface area contributed by atoms with E-state index in [0.717, 1.165) is 6.20 Å². The van der Waals surface area contributed by atoms with E-state index in [2.05, 4.69) is 20.9 Å². The third kappa shape index (κ3) is 2.09. The largest absolute Gasteiger partial charge is 0.298 e. The third-order valence-electron chi connectivity index (χ3n) is 1.64. The fourth-order valence-corrected chi connectivity index (χ4v) is 1.74. The quantitative estimate of drug-likeness (QED) is 0.629. The van der Waals surface area contributed by atoms with Crippen molar-refractivity contribution in [1.29, 1.82) is 0 Å². The number of pyridine rings is 1. The highest BCUT2D eigenvalue weighted by atomic mass is 79.9. The molecule has 0 spiro atoms. The van der Waals surface area contributed by atoms with E-state index in [1.807, 2.05) is 0 Å². The van der Waals surface area contributed by atoms with Crippen LogP contribution in [0.15, 0.2) is 10.7 Å². The highest BCUT2D eigenvalue weighted by Crippen LogP contribution is 2.30. The van der Waals surface area contributed by atoms with Crippen molar-refractivity contribution in [3.05, 3.63) is 27.5 Å². The van der Waals surface area contributed by atoms with E-state index in [0.29, 0.717) is 6.29 Å². The van der Waals surface area contributed by atoms with E-state index in [1.54, 1.807) is 0 Å². The minimum atomic E-state index is -2.67. The predicted molar refractivity (Wildman–Crippen MR) is 51.8 cm³/mol. The first-order valence-electron chi connectivity index (χ1n) is 3.58. The van der Waals surface area contributed by atoms with Gasteiger partial charge in [0, 0.05) is 10.7 Å². The van der Waals surface area contributed by atoms with E-state index < -0.39 is 6.43 Å². The van der Waals surface area contributed by atoms with Gasteiger partial charge in [-0.15, -0.1) is 11.6 Å². The summed E-state index contributed by atoms with van der Waals surface area (Å²) in [7, 11) is 0. The number of hydrogen-bond donors (Lipinski definition) is 0. The number of halogens is 4. The van der Waals surface area contributed by atoms with Crippen molar-refractivity contribution in [3.63, 3.8) is 0 Å². The molecular weight excluding hydrogens is 279 g/mol. The number of alkyl halides is 3. The molecule has 14 heavy (non-hydrogen) atoms. The Hall–Kier alpha value is -0.550. The molecule has 0 saturated heterocycles. The lowest BCUT2D eigenvalue weighted by Gasteiger charge is -2.07. The first-order valence-corrected chi connectivity index (χ1v) is 4.91. The van der Waals surface area contributed by atoms with Crippen molar-refractivity contribution in [3.8, 4) is 0 Å². The van der Waals surface area contributed by atoms with Gasteiger partial charge in [0.05, 0.1) is 22.7 Å². The third-order valence-corrected chi connectivity index (χ3v) is 2.78. The second kappa shape index (κ2) is 4.79. The molecule has 1 aromatic rings. The molecule has 0 bridgehead atoms. The van der Waals surface area contributed by atoms with Crippen molar-refractivity contribution in [2.75, 3.05) is 0 Å². The summed E-state index contributed by atoms with van der Waals surface area (Å²) in [5.41, 5.74) is 0.0664. The summed E-state index contributed by atoms with van der Waals surface area (Å²) in [6.45, 7) is 0. The van der Waals surface area contributed by atoms with Gasteiger partial charge in [-0.25, -0.2) is 8.78 Å². The summed E-state index contributed by atoms with van der Waals surface area (Å²) in [6, 6.07) is 0. The first kappa shape index (κ1) is 11.5. The van der Waals surface area contributed by atoms with Gasteiger partial charge in [-0.2, -0.15) is 0 Å². The number of carbonyl (C=O) groups is 1. The maximum atomic E-state index is 12.4. The van der Waals surface area contributed by atoms with Gasteiger partial charge >= 0.3 is 0 Å². The molecule has 1 aromatic heterocycles. The van der Waals surface area contributed by atoms with Crippen molar-refractivity contribution in [2.45, 2.75) is 12.3 Å². The fourth-order valence-electron chi connectivity index (χ4n) is 0.934. The minimum absolute atomic E-state index is 0.0101. The molecule has 0 amide bonds. The standard InChI is InChI=1S/C8H5BrClF2NO/c9-7-4(8(11)12)2-13-6(1-10)5(7)3-14/h2-3,8H,1H2. The second-order valence-corrected chi connectivity index (χ2v) is 3.50. The summed E-state index contributed by atoms with van der Waals surface area (Å²) >= 11 is 8.41. The zero-order valence-electron chi connectivity index (χ0n) is 6.81. The zero-order chi connectivity index (χ0) is 10.7. The maximum absolute atomic E-state index is 12.4.